The van der Waals surface area contributed by atoms with Crippen molar-refractivity contribution in [2.24, 2.45) is 11.1 Å². The molecule has 0 aliphatic heterocycles. The molecule has 106 valence electrons. The normalized spacial score (nSPS) is 13.9. The van der Waals surface area contributed by atoms with E-state index in [4.69, 9.17) is 29.6 Å². The number of thiazole rings is 1. The summed E-state index contributed by atoms with van der Waals surface area (Å²) in [5, 5.41) is 3.94. The maximum Gasteiger partial charge on any atom is 0.238 e. The molecular formula is C13H14ClN3OS2. The van der Waals surface area contributed by atoms with Crippen LogP contribution >= 0.6 is 35.2 Å². The van der Waals surface area contributed by atoms with Gasteiger partial charge in [-0.1, -0.05) is 42.1 Å². The predicted molar refractivity (Wildman–Crippen MR) is 88.4 cm³/mol. The summed E-state index contributed by atoms with van der Waals surface area (Å²) in [5.74, 6) is -0.238. The van der Waals surface area contributed by atoms with Crippen LogP contribution in [0.3, 0.4) is 0 Å². The van der Waals surface area contributed by atoms with Crippen LogP contribution in [0.25, 0.3) is 10.2 Å². The Balaban J connectivity index is 2.28. The topological polar surface area (TPSA) is 68.0 Å². The Kier molecular flexibility index (Phi) is 4.27. The number of nitrogens with one attached hydrogen (secondary N) is 1. The van der Waals surface area contributed by atoms with E-state index in [1.807, 2.05) is 19.1 Å². The summed E-state index contributed by atoms with van der Waals surface area (Å²) in [6.07, 6.45) is 0.533. The van der Waals surface area contributed by atoms with E-state index in [0.717, 1.165) is 10.2 Å². The number of halogens is 1. The highest BCUT2D eigenvalue weighted by molar-refractivity contribution is 7.80. The van der Waals surface area contributed by atoms with Crippen LogP contribution in [0, 0.1) is 5.41 Å². The van der Waals surface area contributed by atoms with Gasteiger partial charge in [-0.3, -0.25) is 4.79 Å². The molecule has 4 nitrogen and oxygen atoms in total. The van der Waals surface area contributed by atoms with Crippen LogP contribution in [0.2, 0.25) is 5.02 Å². The zero-order valence-electron chi connectivity index (χ0n) is 11.1. The lowest BCUT2D eigenvalue weighted by atomic mass is 9.86. The van der Waals surface area contributed by atoms with E-state index < -0.39 is 5.41 Å². The molecule has 0 saturated heterocycles. The molecule has 3 N–H and O–H groups in total. The number of nitrogens with zero attached hydrogens (tertiary/aromatic N) is 1. The van der Waals surface area contributed by atoms with Gasteiger partial charge in [-0.2, -0.15) is 0 Å². The minimum atomic E-state index is -0.870. The highest BCUT2D eigenvalue weighted by Gasteiger charge is 2.35. The van der Waals surface area contributed by atoms with Gasteiger partial charge in [0.2, 0.25) is 5.91 Å². The average molecular weight is 328 g/mol. The molecular weight excluding hydrogens is 314 g/mol. The lowest BCUT2D eigenvalue weighted by Gasteiger charge is -2.24. The molecule has 7 heteroatoms. The summed E-state index contributed by atoms with van der Waals surface area (Å²) < 4.78 is 0.918. The number of anilines is 1. The minimum Gasteiger partial charge on any atom is -0.392 e. The highest BCUT2D eigenvalue weighted by Crippen LogP contribution is 2.30. The third kappa shape index (κ3) is 2.77. The van der Waals surface area contributed by atoms with Crippen molar-refractivity contribution < 1.29 is 4.79 Å². The Morgan fingerprint density at radius 3 is 2.90 bits per heavy atom. The average Bonchev–Trinajstić information content (AvgIpc) is 2.78. The molecule has 1 heterocycles. The van der Waals surface area contributed by atoms with Crippen molar-refractivity contribution in [3.8, 4) is 0 Å². The molecule has 0 aliphatic rings. The standard InChI is InChI=1S/C13H14ClN3OS2/c1-3-13(2,10(15)19)11(18)17-12-16-8-5-4-7(14)6-9(8)20-12/h4-6H,3H2,1-2H3,(H2,15,19)(H,16,17,18). The molecule has 0 radical (unpaired) electrons. The number of thiocarbonyl (C=S) groups is 1. The van der Waals surface area contributed by atoms with E-state index >= 15 is 0 Å². The zero-order valence-corrected chi connectivity index (χ0v) is 13.5. The second-order valence-electron chi connectivity index (χ2n) is 4.64. The third-order valence-corrected chi connectivity index (χ3v) is 4.94. The number of rotatable bonds is 4. The number of amides is 1. The van der Waals surface area contributed by atoms with Gasteiger partial charge in [-0.15, -0.1) is 0 Å². The Morgan fingerprint density at radius 1 is 1.60 bits per heavy atom. The van der Waals surface area contributed by atoms with Crippen molar-refractivity contribution in [2.45, 2.75) is 20.3 Å². The number of hydrogen-bond acceptors (Lipinski definition) is 4. The van der Waals surface area contributed by atoms with Gasteiger partial charge in [-0.05, 0) is 31.5 Å². The molecule has 0 aliphatic carbocycles. The number of benzene rings is 1. The maximum atomic E-state index is 12.3. The summed E-state index contributed by atoms with van der Waals surface area (Å²) >= 11 is 12.3. The summed E-state index contributed by atoms with van der Waals surface area (Å²) in [6.45, 7) is 3.60. The van der Waals surface area contributed by atoms with Crippen LogP contribution in [-0.2, 0) is 4.79 Å². The second-order valence-corrected chi connectivity index (χ2v) is 6.54. The van der Waals surface area contributed by atoms with E-state index in [2.05, 4.69) is 10.3 Å². The maximum absolute atomic E-state index is 12.3. The van der Waals surface area contributed by atoms with Gasteiger partial charge in [0.15, 0.2) is 5.13 Å². The Morgan fingerprint density at radius 2 is 2.30 bits per heavy atom. The first-order valence-corrected chi connectivity index (χ1v) is 7.64. The SMILES string of the molecule is CCC(C)(C(=O)Nc1nc2ccc(Cl)cc2s1)C(N)=S. The van der Waals surface area contributed by atoms with Gasteiger partial charge in [0.1, 0.15) is 0 Å². The van der Waals surface area contributed by atoms with Crippen molar-refractivity contribution in [2.75, 3.05) is 5.32 Å². The van der Waals surface area contributed by atoms with Gasteiger partial charge in [-0.25, -0.2) is 4.98 Å². The number of carbonyl (C=O) groups excluding carboxylic acids is 1. The second kappa shape index (κ2) is 5.63. The Hall–Kier alpha value is -1.24. The summed E-state index contributed by atoms with van der Waals surface area (Å²) in [5.41, 5.74) is 5.59. The summed E-state index contributed by atoms with van der Waals surface area (Å²) in [7, 11) is 0. The quantitative estimate of drug-likeness (QED) is 0.842. The van der Waals surface area contributed by atoms with E-state index in [1.54, 1.807) is 13.0 Å². The molecule has 0 saturated carbocycles. The van der Waals surface area contributed by atoms with Crippen molar-refractivity contribution in [3.63, 3.8) is 0 Å². The molecule has 0 bridgehead atoms. The van der Waals surface area contributed by atoms with Gasteiger partial charge in [0, 0.05) is 5.02 Å². The van der Waals surface area contributed by atoms with Crippen LogP contribution in [-0.4, -0.2) is 15.9 Å². The van der Waals surface area contributed by atoms with Crippen LogP contribution in [0.1, 0.15) is 20.3 Å². The molecule has 0 fully saturated rings. The first-order chi connectivity index (χ1) is 9.36. The van der Waals surface area contributed by atoms with E-state index in [-0.39, 0.29) is 10.9 Å². The molecule has 1 aromatic carbocycles. The third-order valence-electron chi connectivity index (χ3n) is 3.32. The first-order valence-electron chi connectivity index (χ1n) is 6.04. The number of aromatic nitrogens is 1. The molecule has 2 aromatic rings. The van der Waals surface area contributed by atoms with Gasteiger partial charge in [0.25, 0.3) is 0 Å². The summed E-state index contributed by atoms with van der Waals surface area (Å²) in [6, 6.07) is 5.40. The highest BCUT2D eigenvalue weighted by atomic mass is 35.5. The van der Waals surface area contributed by atoms with E-state index in [9.17, 15) is 4.79 Å². The van der Waals surface area contributed by atoms with Crippen molar-refractivity contribution >= 4 is 61.4 Å². The molecule has 20 heavy (non-hydrogen) atoms. The first kappa shape index (κ1) is 15.2. The van der Waals surface area contributed by atoms with Gasteiger partial charge >= 0.3 is 0 Å². The van der Waals surface area contributed by atoms with Crippen molar-refractivity contribution in [1.29, 1.82) is 0 Å². The number of nitrogens with two attached hydrogens (primary N) is 1. The van der Waals surface area contributed by atoms with Crippen LogP contribution in [0.4, 0.5) is 5.13 Å². The number of fused-ring (bicyclic) bond motifs is 1. The fourth-order valence-electron chi connectivity index (χ4n) is 1.63. The van der Waals surface area contributed by atoms with E-state index in [1.165, 1.54) is 11.3 Å². The number of carbonyl (C=O) groups is 1. The van der Waals surface area contributed by atoms with Gasteiger partial charge in [0.05, 0.1) is 20.6 Å². The molecule has 2 rings (SSSR count). The molecule has 1 unspecified atom stereocenters. The molecule has 1 amide bonds. The lowest BCUT2D eigenvalue weighted by molar-refractivity contribution is -0.121. The Labute approximate surface area is 131 Å². The smallest absolute Gasteiger partial charge is 0.238 e. The lowest BCUT2D eigenvalue weighted by Crippen LogP contribution is -2.43. The minimum absolute atomic E-state index is 0.182. The number of hydrogen-bond donors (Lipinski definition) is 2. The van der Waals surface area contributed by atoms with Crippen molar-refractivity contribution in [1.82, 2.24) is 4.98 Å². The molecule has 0 spiro atoms. The fourth-order valence-corrected chi connectivity index (χ4v) is 3.01. The van der Waals surface area contributed by atoms with E-state index in [0.29, 0.717) is 16.6 Å². The monoisotopic (exact) mass is 327 g/mol. The fraction of sp³-hybridized carbons (Fsp3) is 0.308. The molecule has 1 atom stereocenters. The van der Waals surface area contributed by atoms with Gasteiger partial charge < -0.3 is 11.1 Å². The van der Waals surface area contributed by atoms with Crippen LogP contribution < -0.4 is 11.1 Å². The van der Waals surface area contributed by atoms with Crippen LogP contribution in [0.5, 0.6) is 0 Å². The zero-order chi connectivity index (χ0) is 14.9. The summed E-state index contributed by atoms with van der Waals surface area (Å²) in [4.78, 5) is 16.8. The van der Waals surface area contributed by atoms with Crippen molar-refractivity contribution in [3.05, 3.63) is 23.2 Å². The largest absolute Gasteiger partial charge is 0.392 e. The van der Waals surface area contributed by atoms with Crippen LogP contribution in [0.15, 0.2) is 18.2 Å². The Bertz CT molecular complexity index is 685. The molecule has 1 aromatic heterocycles. The predicted octanol–water partition coefficient (Wildman–Crippen LogP) is 3.59.